The highest BCUT2D eigenvalue weighted by atomic mass is 15.2. The molecular formula is C19H20N4. The molecule has 4 heteroatoms. The van der Waals surface area contributed by atoms with Gasteiger partial charge in [-0.3, -0.25) is 9.98 Å². The minimum Gasteiger partial charge on any atom is -0.352 e. The van der Waals surface area contributed by atoms with Crippen molar-refractivity contribution in [3.8, 4) is 0 Å². The van der Waals surface area contributed by atoms with E-state index in [0.717, 1.165) is 29.0 Å². The van der Waals surface area contributed by atoms with E-state index in [-0.39, 0.29) is 0 Å². The summed E-state index contributed by atoms with van der Waals surface area (Å²) in [7, 11) is 1.78. The molecule has 1 heterocycles. The fraction of sp³-hybridized carbons (Fsp3) is 0.158. The Hall–Kier alpha value is -2.88. The first-order valence-corrected chi connectivity index (χ1v) is 7.68. The van der Waals surface area contributed by atoms with Gasteiger partial charge in [-0.2, -0.15) is 0 Å². The van der Waals surface area contributed by atoms with Crippen molar-refractivity contribution in [1.82, 2.24) is 15.6 Å². The zero-order valence-electron chi connectivity index (χ0n) is 13.2. The van der Waals surface area contributed by atoms with Crippen molar-refractivity contribution in [3.05, 3.63) is 78.0 Å². The molecule has 3 rings (SSSR count). The number of guanidine groups is 1. The van der Waals surface area contributed by atoms with Crippen molar-refractivity contribution in [1.29, 1.82) is 0 Å². The molecule has 0 saturated carbocycles. The molecule has 0 amide bonds. The van der Waals surface area contributed by atoms with Gasteiger partial charge in [0.25, 0.3) is 0 Å². The lowest BCUT2D eigenvalue weighted by atomic mass is 10.1. The third kappa shape index (κ3) is 3.86. The van der Waals surface area contributed by atoms with E-state index >= 15 is 0 Å². The number of rotatable bonds is 4. The molecule has 4 nitrogen and oxygen atoms in total. The first kappa shape index (κ1) is 15.0. The van der Waals surface area contributed by atoms with Gasteiger partial charge in [0.1, 0.15) is 0 Å². The van der Waals surface area contributed by atoms with Gasteiger partial charge < -0.3 is 10.6 Å². The monoisotopic (exact) mass is 304 g/mol. The average Bonchev–Trinajstić information content (AvgIpc) is 2.63. The molecule has 0 aliphatic heterocycles. The number of aromatic nitrogens is 1. The second kappa shape index (κ2) is 7.40. The Labute approximate surface area is 136 Å². The van der Waals surface area contributed by atoms with Crippen LogP contribution in [0.1, 0.15) is 11.1 Å². The number of nitrogens with one attached hydrogen (secondary N) is 2. The molecule has 2 N–H and O–H groups in total. The summed E-state index contributed by atoms with van der Waals surface area (Å²) in [6.07, 6.45) is 1.83. The van der Waals surface area contributed by atoms with Crippen LogP contribution >= 0.6 is 0 Å². The third-order valence-corrected chi connectivity index (χ3v) is 3.69. The summed E-state index contributed by atoms with van der Waals surface area (Å²) in [4.78, 5) is 8.75. The van der Waals surface area contributed by atoms with Crippen molar-refractivity contribution in [2.45, 2.75) is 13.1 Å². The largest absolute Gasteiger partial charge is 0.352 e. The predicted octanol–water partition coefficient (Wildman–Crippen LogP) is 3.10. The number of benzene rings is 2. The Morgan fingerprint density at radius 2 is 1.70 bits per heavy atom. The van der Waals surface area contributed by atoms with Crippen molar-refractivity contribution in [2.75, 3.05) is 7.05 Å². The Morgan fingerprint density at radius 1 is 0.913 bits per heavy atom. The summed E-state index contributed by atoms with van der Waals surface area (Å²) in [6.45, 7) is 1.43. The maximum atomic E-state index is 4.48. The van der Waals surface area contributed by atoms with Crippen LogP contribution in [0.15, 0.2) is 71.9 Å². The summed E-state index contributed by atoms with van der Waals surface area (Å²) in [5, 5.41) is 7.82. The number of fused-ring (bicyclic) bond motifs is 1. The first-order chi connectivity index (χ1) is 11.4. The van der Waals surface area contributed by atoms with Gasteiger partial charge in [0.2, 0.25) is 0 Å². The van der Waals surface area contributed by atoms with E-state index in [1.165, 1.54) is 5.56 Å². The number of aliphatic imine (C=N–C) groups is 1. The summed E-state index contributed by atoms with van der Waals surface area (Å²) in [5.74, 6) is 0.779. The molecule has 0 fully saturated rings. The van der Waals surface area contributed by atoms with E-state index in [9.17, 15) is 0 Å². The standard InChI is InChI=1S/C19H20N4/c1-20-19(22-13-15-7-3-2-4-8-15)23-14-17-10-5-9-16-11-6-12-21-18(16)17/h2-12H,13-14H2,1H3,(H2,20,22,23). The number of nitrogens with zero attached hydrogens (tertiary/aromatic N) is 2. The van der Waals surface area contributed by atoms with Gasteiger partial charge in [-0.25, -0.2) is 0 Å². The van der Waals surface area contributed by atoms with Crippen molar-refractivity contribution >= 4 is 16.9 Å². The molecule has 2 aromatic carbocycles. The smallest absolute Gasteiger partial charge is 0.191 e. The molecular weight excluding hydrogens is 284 g/mol. The molecule has 0 bridgehead atoms. The topological polar surface area (TPSA) is 49.3 Å². The van der Waals surface area contributed by atoms with Crippen LogP contribution in [0.4, 0.5) is 0 Å². The lowest BCUT2D eigenvalue weighted by molar-refractivity contribution is 0.811. The van der Waals surface area contributed by atoms with E-state index in [1.54, 1.807) is 7.05 Å². The van der Waals surface area contributed by atoms with Gasteiger partial charge in [-0.15, -0.1) is 0 Å². The summed E-state index contributed by atoms with van der Waals surface area (Å²) >= 11 is 0. The van der Waals surface area contributed by atoms with E-state index in [2.05, 4.69) is 57.0 Å². The highest BCUT2D eigenvalue weighted by Crippen LogP contribution is 2.15. The first-order valence-electron chi connectivity index (χ1n) is 7.68. The Morgan fingerprint density at radius 3 is 2.52 bits per heavy atom. The molecule has 0 aliphatic rings. The van der Waals surface area contributed by atoms with Gasteiger partial charge in [0, 0.05) is 31.7 Å². The second-order valence-electron chi connectivity index (χ2n) is 5.26. The van der Waals surface area contributed by atoms with Crippen LogP contribution in [0.3, 0.4) is 0 Å². The van der Waals surface area contributed by atoms with Crippen LogP contribution in [0.5, 0.6) is 0 Å². The van der Waals surface area contributed by atoms with Crippen LogP contribution in [0, 0.1) is 0 Å². The minimum absolute atomic E-state index is 0.683. The van der Waals surface area contributed by atoms with E-state index in [1.807, 2.05) is 30.5 Å². The normalized spacial score (nSPS) is 11.4. The number of pyridine rings is 1. The summed E-state index contributed by atoms with van der Waals surface area (Å²) in [5.41, 5.74) is 3.41. The molecule has 0 aliphatic carbocycles. The van der Waals surface area contributed by atoms with Gasteiger partial charge in [-0.05, 0) is 17.2 Å². The molecule has 1 aromatic heterocycles. The Bertz CT molecular complexity index is 791. The zero-order valence-corrected chi connectivity index (χ0v) is 13.2. The SMILES string of the molecule is CN=C(NCc1ccccc1)NCc1cccc2cccnc12. The van der Waals surface area contributed by atoms with Crippen LogP contribution in [0.2, 0.25) is 0 Å². The molecule has 0 saturated heterocycles. The van der Waals surface area contributed by atoms with Gasteiger partial charge >= 0.3 is 0 Å². The molecule has 23 heavy (non-hydrogen) atoms. The zero-order chi connectivity index (χ0) is 15.9. The maximum absolute atomic E-state index is 4.48. The number of para-hydroxylation sites is 1. The molecule has 0 spiro atoms. The molecule has 3 aromatic rings. The fourth-order valence-corrected chi connectivity index (χ4v) is 2.49. The highest BCUT2D eigenvalue weighted by molar-refractivity contribution is 5.83. The lowest BCUT2D eigenvalue weighted by Crippen LogP contribution is -2.36. The molecule has 0 radical (unpaired) electrons. The van der Waals surface area contributed by atoms with Crippen LogP contribution in [-0.4, -0.2) is 18.0 Å². The minimum atomic E-state index is 0.683. The lowest BCUT2D eigenvalue weighted by Gasteiger charge is -2.13. The molecule has 116 valence electrons. The highest BCUT2D eigenvalue weighted by Gasteiger charge is 2.03. The van der Waals surface area contributed by atoms with E-state index in [4.69, 9.17) is 0 Å². The molecule has 0 unspecified atom stereocenters. The Kier molecular flexibility index (Phi) is 4.84. The Balaban J connectivity index is 1.63. The molecule has 0 atom stereocenters. The summed E-state index contributed by atoms with van der Waals surface area (Å²) in [6, 6.07) is 20.5. The van der Waals surface area contributed by atoms with E-state index < -0.39 is 0 Å². The quantitative estimate of drug-likeness (QED) is 0.575. The number of hydrogen-bond donors (Lipinski definition) is 2. The van der Waals surface area contributed by atoms with Crippen LogP contribution < -0.4 is 10.6 Å². The van der Waals surface area contributed by atoms with Gasteiger partial charge in [-0.1, -0.05) is 54.6 Å². The average molecular weight is 304 g/mol. The third-order valence-electron chi connectivity index (χ3n) is 3.69. The maximum Gasteiger partial charge on any atom is 0.191 e. The fourth-order valence-electron chi connectivity index (χ4n) is 2.49. The van der Waals surface area contributed by atoms with E-state index in [0.29, 0.717) is 6.54 Å². The predicted molar refractivity (Wildman–Crippen MR) is 95.2 cm³/mol. The van der Waals surface area contributed by atoms with Crippen molar-refractivity contribution < 1.29 is 0 Å². The van der Waals surface area contributed by atoms with Crippen molar-refractivity contribution in [3.63, 3.8) is 0 Å². The van der Waals surface area contributed by atoms with Crippen LogP contribution in [0.25, 0.3) is 10.9 Å². The van der Waals surface area contributed by atoms with Crippen LogP contribution in [-0.2, 0) is 13.1 Å². The second-order valence-corrected chi connectivity index (χ2v) is 5.26. The summed E-state index contributed by atoms with van der Waals surface area (Å²) < 4.78 is 0. The van der Waals surface area contributed by atoms with Gasteiger partial charge in [0.15, 0.2) is 5.96 Å². The van der Waals surface area contributed by atoms with Crippen molar-refractivity contribution in [2.24, 2.45) is 4.99 Å². The number of hydrogen-bond acceptors (Lipinski definition) is 2. The van der Waals surface area contributed by atoms with Gasteiger partial charge in [0.05, 0.1) is 5.52 Å².